The van der Waals surface area contributed by atoms with E-state index in [1.807, 2.05) is 0 Å². The van der Waals surface area contributed by atoms with Gasteiger partial charge in [0.05, 0.1) is 12.1 Å². The molecule has 0 saturated carbocycles. The lowest BCUT2D eigenvalue weighted by atomic mass is 10.1. The van der Waals surface area contributed by atoms with Crippen LogP contribution in [0.25, 0.3) is 11.5 Å². The molecule has 0 aliphatic carbocycles. The Bertz CT molecular complexity index is 509. The average Bonchev–Trinajstić information content (AvgIpc) is 2.95. The van der Waals surface area contributed by atoms with E-state index in [4.69, 9.17) is 5.11 Å². The van der Waals surface area contributed by atoms with E-state index < -0.39 is 18.2 Å². The van der Waals surface area contributed by atoms with Crippen molar-refractivity contribution in [2.24, 2.45) is 0 Å². The van der Waals surface area contributed by atoms with Crippen LogP contribution in [0.5, 0.6) is 0 Å². The van der Waals surface area contributed by atoms with Crippen molar-refractivity contribution >= 4 is 0 Å². The van der Waals surface area contributed by atoms with E-state index in [1.54, 1.807) is 0 Å². The molecule has 18 heavy (non-hydrogen) atoms. The highest BCUT2D eigenvalue weighted by atomic mass is 19.4. The summed E-state index contributed by atoms with van der Waals surface area (Å²) in [5, 5.41) is 22.0. The summed E-state index contributed by atoms with van der Waals surface area (Å²) in [6, 6.07) is 0. The number of hydrogen-bond donors (Lipinski definition) is 2. The Labute approximate surface area is 98.0 Å². The zero-order valence-electron chi connectivity index (χ0n) is 9.01. The Balaban J connectivity index is 2.20. The first kappa shape index (κ1) is 12.5. The third-order valence-electron chi connectivity index (χ3n) is 2.28. The molecule has 0 bridgehead atoms. The SMILES string of the molecule is CC(c1nc(-c2cn[nH]n2)no1)C(O)C(F)(F)F. The molecule has 0 aliphatic rings. The molecule has 10 heteroatoms. The predicted molar refractivity (Wildman–Crippen MR) is 50.2 cm³/mol. The Kier molecular flexibility index (Phi) is 3.03. The monoisotopic (exact) mass is 263 g/mol. The van der Waals surface area contributed by atoms with Crippen LogP contribution in [0.1, 0.15) is 18.7 Å². The molecule has 2 aromatic heterocycles. The van der Waals surface area contributed by atoms with E-state index in [-0.39, 0.29) is 17.4 Å². The van der Waals surface area contributed by atoms with Crippen LogP contribution in [0, 0.1) is 0 Å². The molecule has 2 rings (SSSR count). The van der Waals surface area contributed by atoms with Crippen LogP contribution in [0.2, 0.25) is 0 Å². The average molecular weight is 263 g/mol. The normalized spacial score (nSPS) is 15.6. The molecule has 0 amide bonds. The van der Waals surface area contributed by atoms with Gasteiger partial charge in [-0.25, -0.2) is 0 Å². The van der Waals surface area contributed by atoms with Gasteiger partial charge in [0.1, 0.15) is 0 Å². The van der Waals surface area contributed by atoms with E-state index in [0.29, 0.717) is 0 Å². The maximum Gasteiger partial charge on any atom is 0.415 e. The van der Waals surface area contributed by atoms with Gasteiger partial charge in [0.2, 0.25) is 11.7 Å². The third kappa shape index (κ3) is 2.32. The van der Waals surface area contributed by atoms with Crippen LogP contribution in [0.3, 0.4) is 0 Å². The second-order valence-corrected chi connectivity index (χ2v) is 3.59. The molecule has 2 heterocycles. The molecule has 2 unspecified atom stereocenters. The minimum atomic E-state index is -4.75. The smallest absolute Gasteiger partial charge is 0.383 e. The minimum absolute atomic E-state index is 0.0000236. The Morgan fingerprint density at radius 1 is 1.44 bits per heavy atom. The molecule has 0 saturated heterocycles. The van der Waals surface area contributed by atoms with Crippen molar-refractivity contribution in [3.05, 3.63) is 12.1 Å². The molecule has 0 aliphatic heterocycles. The maximum absolute atomic E-state index is 12.3. The van der Waals surface area contributed by atoms with Gasteiger partial charge in [0.25, 0.3) is 0 Å². The summed E-state index contributed by atoms with van der Waals surface area (Å²) in [5.41, 5.74) is 0.235. The Morgan fingerprint density at radius 2 is 2.17 bits per heavy atom. The van der Waals surface area contributed by atoms with Gasteiger partial charge < -0.3 is 9.63 Å². The van der Waals surface area contributed by atoms with Gasteiger partial charge in [-0.1, -0.05) is 12.1 Å². The van der Waals surface area contributed by atoms with E-state index in [1.165, 1.54) is 6.20 Å². The van der Waals surface area contributed by atoms with Gasteiger partial charge in [-0.2, -0.15) is 33.6 Å². The van der Waals surface area contributed by atoms with Gasteiger partial charge in [0.15, 0.2) is 11.8 Å². The van der Waals surface area contributed by atoms with Gasteiger partial charge in [-0.05, 0) is 0 Å². The quantitative estimate of drug-likeness (QED) is 0.852. The molecule has 2 aromatic rings. The van der Waals surface area contributed by atoms with Crippen LogP contribution >= 0.6 is 0 Å². The van der Waals surface area contributed by atoms with Crippen molar-refractivity contribution in [3.63, 3.8) is 0 Å². The van der Waals surface area contributed by atoms with Gasteiger partial charge in [-0.3, -0.25) is 0 Å². The van der Waals surface area contributed by atoms with E-state index in [2.05, 4.69) is 30.1 Å². The van der Waals surface area contributed by atoms with Crippen LogP contribution in [-0.4, -0.2) is 42.9 Å². The number of aromatic nitrogens is 5. The van der Waals surface area contributed by atoms with E-state index in [9.17, 15) is 13.2 Å². The summed E-state index contributed by atoms with van der Waals surface area (Å²) >= 11 is 0. The summed E-state index contributed by atoms with van der Waals surface area (Å²) in [7, 11) is 0. The third-order valence-corrected chi connectivity index (χ3v) is 2.28. The number of nitrogens with zero attached hydrogens (tertiary/aromatic N) is 4. The van der Waals surface area contributed by atoms with Crippen LogP contribution in [0.15, 0.2) is 10.7 Å². The molecule has 7 nitrogen and oxygen atoms in total. The van der Waals surface area contributed by atoms with E-state index >= 15 is 0 Å². The topological polar surface area (TPSA) is 101 Å². The van der Waals surface area contributed by atoms with E-state index in [0.717, 1.165) is 6.92 Å². The number of aliphatic hydroxyl groups excluding tert-OH is 1. The lowest BCUT2D eigenvalue weighted by Gasteiger charge is -2.17. The number of aromatic amines is 1. The number of aliphatic hydroxyl groups is 1. The largest absolute Gasteiger partial charge is 0.415 e. The predicted octanol–water partition coefficient (Wildman–Crippen LogP) is 0.881. The highest BCUT2D eigenvalue weighted by Gasteiger charge is 2.44. The molecule has 98 valence electrons. The second-order valence-electron chi connectivity index (χ2n) is 3.59. The number of rotatable bonds is 3. The molecule has 0 spiro atoms. The zero-order chi connectivity index (χ0) is 13.3. The molecule has 2 atom stereocenters. The standard InChI is InChI=1S/C8H8F3N5O2/c1-3(5(17)8(9,10)11)7-13-6(15-18-7)4-2-12-16-14-4/h2-3,5,17H,1H3,(H,12,14,16). The van der Waals surface area contributed by atoms with Crippen LogP contribution < -0.4 is 0 Å². The molecule has 0 fully saturated rings. The number of nitrogens with one attached hydrogen (secondary N) is 1. The summed E-state index contributed by atoms with van der Waals surface area (Å²) in [6.45, 7) is 1.14. The van der Waals surface area contributed by atoms with Gasteiger partial charge in [0, 0.05) is 0 Å². The fraction of sp³-hybridized carbons (Fsp3) is 0.500. The molecule has 0 radical (unpaired) electrons. The molecular formula is C8H8F3N5O2. The molecular weight excluding hydrogens is 255 g/mol. The highest BCUT2D eigenvalue weighted by Crippen LogP contribution is 2.31. The van der Waals surface area contributed by atoms with Crippen molar-refractivity contribution < 1.29 is 22.8 Å². The first-order valence-corrected chi connectivity index (χ1v) is 4.84. The highest BCUT2D eigenvalue weighted by molar-refractivity contribution is 5.44. The second kappa shape index (κ2) is 4.37. The van der Waals surface area contributed by atoms with Crippen molar-refractivity contribution in [3.8, 4) is 11.5 Å². The van der Waals surface area contributed by atoms with Crippen LogP contribution in [0.4, 0.5) is 13.2 Å². The zero-order valence-corrected chi connectivity index (χ0v) is 9.01. The fourth-order valence-corrected chi connectivity index (χ4v) is 1.25. The van der Waals surface area contributed by atoms with Gasteiger partial charge >= 0.3 is 6.18 Å². The maximum atomic E-state index is 12.3. The molecule has 0 aromatic carbocycles. The van der Waals surface area contributed by atoms with Crippen molar-refractivity contribution in [2.75, 3.05) is 0 Å². The lowest BCUT2D eigenvalue weighted by molar-refractivity contribution is -0.210. The Morgan fingerprint density at radius 3 is 2.72 bits per heavy atom. The molecule has 2 N–H and O–H groups in total. The van der Waals surface area contributed by atoms with Crippen molar-refractivity contribution in [1.29, 1.82) is 0 Å². The summed E-state index contributed by atoms with van der Waals surface area (Å²) < 4.78 is 41.6. The fourth-order valence-electron chi connectivity index (χ4n) is 1.25. The number of halogens is 3. The summed E-state index contributed by atoms with van der Waals surface area (Å²) in [6.07, 6.45) is -6.02. The number of hydrogen-bond acceptors (Lipinski definition) is 6. The lowest BCUT2D eigenvalue weighted by Crippen LogP contribution is -2.33. The van der Waals surface area contributed by atoms with Crippen LogP contribution in [-0.2, 0) is 0 Å². The first-order chi connectivity index (χ1) is 8.39. The first-order valence-electron chi connectivity index (χ1n) is 4.84. The van der Waals surface area contributed by atoms with Crippen molar-refractivity contribution in [2.45, 2.75) is 25.1 Å². The summed E-state index contributed by atoms with van der Waals surface area (Å²) in [4.78, 5) is 3.73. The van der Waals surface area contributed by atoms with Crippen molar-refractivity contribution in [1.82, 2.24) is 25.6 Å². The number of alkyl halides is 3. The minimum Gasteiger partial charge on any atom is -0.383 e. The van der Waals surface area contributed by atoms with Gasteiger partial charge in [-0.15, -0.1) is 0 Å². The number of H-pyrrole nitrogens is 1. The Hall–Kier alpha value is -1.97. The summed E-state index contributed by atoms with van der Waals surface area (Å²) in [5.74, 6) is -1.68.